The largest absolute Gasteiger partial charge is 0.496 e. The number of Topliss-reactive ketones (excluding diaryl/α,β-unsaturated/α-hetero) is 1. The SMILES string of the molecule is COc1ccccc1C(=O)c1cc2c3c(ccc2c2ccccc12)C(N)(C(C)=O)CCC3c1ccccc1. The average Bonchev–Trinajstić information content (AvgIpc) is 2.96. The Hall–Kier alpha value is -4.28. The van der Waals surface area contributed by atoms with Gasteiger partial charge in [-0.25, -0.2) is 0 Å². The van der Waals surface area contributed by atoms with Crippen LogP contribution in [0.1, 0.15) is 58.3 Å². The van der Waals surface area contributed by atoms with Crippen LogP contribution in [0.3, 0.4) is 0 Å². The zero-order valence-electron chi connectivity index (χ0n) is 21.5. The van der Waals surface area contributed by atoms with E-state index in [-0.39, 0.29) is 17.5 Å². The summed E-state index contributed by atoms with van der Waals surface area (Å²) in [7, 11) is 1.58. The van der Waals surface area contributed by atoms with Crippen LogP contribution in [0.15, 0.2) is 97.1 Å². The quantitative estimate of drug-likeness (QED) is 0.211. The molecule has 5 aromatic rings. The summed E-state index contributed by atoms with van der Waals surface area (Å²) in [4.78, 5) is 27.0. The standard InChI is InChI=1S/C34H29NO3/c1-21(36)34(35)19-18-23(22-10-4-3-5-11-22)32-28-20-29(33(37)27-14-8-9-15-31(27)38-2)25-13-7-6-12-24(25)26(28)16-17-30(32)34/h3-17,20,23H,18-19,35H2,1-2H3. The van der Waals surface area contributed by atoms with Crippen molar-refractivity contribution in [1.82, 2.24) is 0 Å². The molecule has 0 spiro atoms. The molecule has 0 saturated carbocycles. The second-order valence-corrected chi connectivity index (χ2v) is 10.2. The number of fused-ring (bicyclic) bond motifs is 5. The predicted octanol–water partition coefficient (Wildman–Crippen LogP) is 6.90. The van der Waals surface area contributed by atoms with E-state index in [4.69, 9.17) is 10.5 Å². The number of carbonyl (C=O) groups excluding carboxylic acids is 2. The molecule has 0 fully saturated rings. The van der Waals surface area contributed by atoms with Gasteiger partial charge in [-0.15, -0.1) is 0 Å². The lowest BCUT2D eigenvalue weighted by molar-refractivity contribution is -0.122. The maximum atomic E-state index is 14.1. The highest BCUT2D eigenvalue weighted by atomic mass is 16.5. The van der Waals surface area contributed by atoms with Gasteiger partial charge in [-0.1, -0.05) is 78.9 Å². The van der Waals surface area contributed by atoms with E-state index in [1.165, 1.54) is 5.56 Å². The van der Waals surface area contributed by atoms with Gasteiger partial charge in [-0.3, -0.25) is 9.59 Å². The molecule has 1 aliphatic rings. The lowest BCUT2D eigenvalue weighted by atomic mass is 9.67. The zero-order chi connectivity index (χ0) is 26.4. The van der Waals surface area contributed by atoms with Crippen molar-refractivity contribution in [3.63, 3.8) is 0 Å². The minimum atomic E-state index is -1.06. The van der Waals surface area contributed by atoms with E-state index in [0.29, 0.717) is 23.3 Å². The third-order valence-electron chi connectivity index (χ3n) is 8.17. The summed E-state index contributed by atoms with van der Waals surface area (Å²) in [5.74, 6) is 0.448. The second-order valence-electron chi connectivity index (χ2n) is 10.2. The van der Waals surface area contributed by atoms with Crippen molar-refractivity contribution in [3.05, 3.63) is 125 Å². The third kappa shape index (κ3) is 3.64. The minimum absolute atomic E-state index is 0.0456. The Balaban J connectivity index is 1.72. The average molecular weight is 500 g/mol. The van der Waals surface area contributed by atoms with Crippen molar-refractivity contribution in [2.75, 3.05) is 7.11 Å². The Morgan fingerprint density at radius 2 is 1.45 bits per heavy atom. The Kier molecular flexibility index (Phi) is 5.85. The maximum absolute atomic E-state index is 14.1. The number of rotatable bonds is 5. The number of hydrogen-bond donors (Lipinski definition) is 1. The molecule has 1 aliphatic carbocycles. The van der Waals surface area contributed by atoms with Gasteiger partial charge in [-0.2, -0.15) is 0 Å². The molecule has 0 aromatic heterocycles. The first-order chi connectivity index (χ1) is 18.4. The number of nitrogens with two attached hydrogens (primary N) is 1. The Labute approximate surface area is 222 Å². The molecule has 5 aromatic carbocycles. The van der Waals surface area contributed by atoms with Gasteiger partial charge in [0.2, 0.25) is 0 Å². The van der Waals surface area contributed by atoms with Crippen molar-refractivity contribution >= 4 is 33.1 Å². The van der Waals surface area contributed by atoms with E-state index < -0.39 is 5.54 Å². The Bertz CT molecular complexity index is 1720. The molecule has 0 saturated heterocycles. The molecule has 0 bridgehead atoms. The molecule has 2 unspecified atom stereocenters. The van der Waals surface area contributed by atoms with Crippen LogP contribution >= 0.6 is 0 Å². The predicted molar refractivity (Wildman–Crippen MR) is 152 cm³/mol. The molecule has 188 valence electrons. The first kappa shape index (κ1) is 24.1. The van der Waals surface area contributed by atoms with E-state index in [0.717, 1.165) is 39.1 Å². The molecule has 4 heteroatoms. The van der Waals surface area contributed by atoms with Crippen molar-refractivity contribution in [3.8, 4) is 5.75 Å². The van der Waals surface area contributed by atoms with Crippen LogP contribution in [-0.4, -0.2) is 18.7 Å². The fourth-order valence-corrected chi connectivity index (χ4v) is 6.17. The van der Waals surface area contributed by atoms with Crippen LogP contribution in [0.25, 0.3) is 21.5 Å². The summed E-state index contributed by atoms with van der Waals surface area (Å²) in [6.07, 6.45) is 1.32. The molecular weight excluding hydrogens is 470 g/mol. The van der Waals surface area contributed by atoms with E-state index in [9.17, 15) is 9.59 Å². The normalized spacial score (nSPS) is 18.8. The van der Waals surface area contributed by atoms with E-state index in [1.807, 2.05) is 60.7 Å². The van der Waals surface area contributed by atoms with Crippen LogP contribution < -0.4 is 10.5 Å². The molecule has 38 heavy (non-hydrogen) atoms. The highest BCUT2D eigenvalue weighted by Crippen LogP contribution is 2.48. The molecule has 0 heterocycles. The fourth-order valence-electron chi connectivity index (χ4n) is 6.17. The van der Waals surface area contributed by atoms with Gasteiger partial charge in [0.1, 0.15) is 11.3 Å². The van der Waals surface area contributed by atoms with E-state index in [2.05, 4.69) is 24.3 Å². The lowest BCUT2D eigenvalue weighted by Gasteiger charge is -2.39. The number of ether oxygens (including phenoxy) is 1. The number of ketones is 2. The van der Waals surface area contributed by atoms with Crippen molar-refractivity contribution in [2.45, 2.75) is 31.2 Å². The van der Waals surface area contributed by atoms with Gasteiger partial charge in [0.25, 0.3) is 0 Å². The molecule has 0 aliphatic heterocycles. The Morgan fingerprint density at radius 3 is 2.18 bits per heavy atom. The minimum Gasteiger partial charge on any atom is -0.496 e. The van der Waals surface area contributed by atoms with Gasteiger partial charge in [0.05, 0.1) is 12.7 Å². The fraction of sp³-hybridized carbons (Fsp3) is 0.176. The van der Waals surface area contributed by atoms with Crippen LogP contribution in [0.4, 0.5) is 0 Å². The topological polar surface area (TPSA) is 69.4 Å². The molecule has 0 radical (unpaired) electrons. The van der Waals surface area contributed by atoms with Crippen molar-refractivity contribution in [2.24, 2.45) is 5.73 Å². The van der Waals surface area contributed by atoms with Gasteiger partial charge in [0, 0.05) is 11.5 Å². The number of benzene rings is 5. The zero-order valence-corrected chi connectivity index (χ0v) is 21.5. The molecule has 0 amide bonds. The van der Waals surface area contributed by atoms with Crippen molar-refractivity contribution in [1.29, 1.82) is 0 Å². The maximum Gasteiger partial charge on any atom is 0.197 e. The molecule has 4 nitrogen and oxygen atoms in total. The van der Waals surface area contributed by atoms with Crippen LogP contribution in [-0.2, 0) is 10.3 Å². The number of carbonyl (C=O) groups is 2. The molecule has 2 atom stereocenters. The monoisotopic (exact) mass is 499 g/mol. The lowest BCUT2D eigenvalue weighted by Crippen LogP contribution is -2.47. The second kappa shape index (κ2) is 9.23. The highest BCUT2D eigenvalue weighted by molar-refractivity contribution is 6.23. The number of hydrogen-bond acceptors (Lipinski definition) is 4. The molecule has 2 N–H and O–H groups in total. The van der Waals surface area contributed by atoms with E-state index >= 15 is 0 Å². The summed E-state index contributed by atoms with van der Waals surface area (Å²) in [6, 6.07) is 31.8. The summed E-state index contributed by atoms with van der Waals surface area (Å²) in [6.45, 7) is 1.58. The molecular formula is C34H29NO3. The van der Waals surface area contributed by atoms with Crippen LogP contribution in [0.5, 0.6) is 5.75 Å². The first-order valence-corrected chi connectivity index (χ1v) is 13.0. The number of para-hydroxylation sites is 1. The first-order valence-electron chi connectivity index (χ1n) is 13.0. The molecule has 6 rings (SSSR count). The van der Waals surface area contributed by atoms with Gasteiger partial charge >= 0.3 is 0 Å². The van der Waals surface area contributed by atoms with Crippen molar-refractivity contribution < 1.29 is 14.3 Å². The summed E-state index contributed by atoms with van der Waals surface area (Å²) >= 11 is 0. The highest BCUT2D eigenvalue weighted by Gasteiger charge is 2.41. The van der Waals surface area contributed by atoms with Gasteiger partial charge < -0.3 is 10.5 Å². The number of methoxy groups -OCH3 is 1. The Morgan fingerprint density at radius 1 is 0.789 bits per heavy atom. The van der Waals surface area contributed by atoms with Crippen LogP contribution in [0, 0.1) is 0 Å². The van der Waals surface area contributed by atoms with Crippen LogP contribution in [0.2, 0.25) is 0 Å². The van der Waals surface area contributed by atoms with E-state index in [1.54, 1.807) is 26.2 Å². The summed E-state index contributed by atoms with van der Waals surface area (Å²) in [5.41, 5.74) is 9.98. The van der Waals surface area contributed by atoms with Gasteiger partial charge in [0.15, 0.2) is 11.6 Å². The summed E-state index contributed by atoms with van der Waals surface area (Å²) < 4.78 is 5.53. The third-order valence-corrected chi connectivity index (χ3v) is 8.17. The smallest absolute Gasteiger partial charge is 0.197 e. The summed E-state index contributed by atoms with van der Waals surface area (Å²) in [5, 5.41) is 3.89. The van der Waals surface area contributed by atoms with Gasteiger partial charge in [-0.05, 0) is 76.2 Å².